The molecule has 6 heteroatoms. The van der Waals surface area contributed by atoms with Gasteiger partial charge in [-0.25, -0.2) is 14.8 Å². The highest BCUT2D eigenvalue weighted by Gasteiger charge is 2.13. The number of thiazole rings is 1. The standard InChI is InChI=1S/C13H11N3O2S/c1-6-11(19-7(2)14-6)12-15-9-4-3-8(13(17)18)5-10(9)16-12/h3-5H,1-2H3,(H,15,16)(H,17,18). The fourth-order valence-electron chi connectivity index (χ4n) is 2.00. The maximum absolute atomic E-state index is 10.9. The lowest BCUT2D eigenvalue weighted by Crippen LogP contribution is -1.94. The monoisotopic (exact) mass is 273 g/mol. The van der Waals surface area contributed by atoms with Crippen LogP contribution in [-0.2, 0) is 0 Å². The van der Waals surface area contributed by atoms with E-state index in [9.17, 15) is 4.79 Å². The topological polar surface area (TPSA) is 78.9 Å². The summed E-state index contributed by atoms with van der Waals surface area (Å²) in [5.41, 5.74) is 2.66. The van der Waals surface area contributed by atoms with Crippen LogP contribution in [0.5, 0.6) is 0 Å². The summed E-state index contributed by atoms with van der Waals surface area (Å²) in [5.74, 6) is -0.205. The van der Waals surface area contributed by atoms with E-state index in [2.05, 4.69) is 15.0 Å². The Hall–Kier alpha value is -2.21. The lowest BCUT2D eigenvalue weighted by Gasteiger charge is -1.92. The van der Waals surface area contributed by atoms with E-state index in [1.165, 1.54) is 0 Å². The van der Waals surface area contributed by atoms with Crippen molar-refractivity contribution in [2.45, 2.75) is 13.8 Å². The van der Waals surface area contributed by atoms with Crippen LogP contribution in [-0.4, -0.2) is 26.0 Å². The van der Waals surface area contributed by atoms with E-state index in [0.29, 0.717) is 0 Å². The second-order valence-corrected chi connectivity index (χ2v) is 5.47. The molecule has 0 fully saturated rings. The molecule has 3 aromatic rings. The minimum atomic E-state index is -0.942. The molecular formula is C13H11N3O2S. The van der Waals surface area contributed by atoms with E-state index in [4.69, 9.17) is 5.11 Å². The fourth-order valence-corrected chi connectivity index (χ4v) is 2.87. The molecule has 0 aliphatic carbocycles. The smallest absolute Gasteiger partial charge is 0.335 e. The van der Waals surface area contributed by atoms with Crippen LogP contribution in [0.1, 0.15) is 21.1 Å². The Labute approximate surface area is 113 Å². The number of hydrogen-bond acceptors (Lipinski definition) is 4. The van der Waals surface area contributed by atoms with Crippen LogP contribution < -0.4 is 0 Å². The van der Waals surface area contributed by atoms with E-state index in [0.717, 1.165) is 32.4 Å². The van der Waals surface area contributed by atoms with E-state index in [1.807, 2.05) is 13.8 Å². The molecule has 0 saturated heterocycles. The number of aromatic nitrogens is 3. The molecule has 1 aromatic carbocycles. The SMILES string of the molecule is Cc1nc(C)c(-c2nc3ccc(C(=O)O)cc3[nH]2)s1. The zero-order valence-corrected chi connectivity index (χ0v) is 11.2. The number of aryl methyl sites for hydroxylation is 2. The summed E-state index contributed by atoms with van der Waals surface area (Å²) >= 11 is 1.57. The molecule has 0 amide bonds. The molecule has 0 aliphatic rings. The van der Waals surface area contributed by atoms with Gasteiger partial charge in [0.2, 0.25) is 0 Å². The van der Waals surface area contributed by atoms with Gasteiger partial charge < -0.3 is 10.1 Å². The van der Waals surface area contributed by atoms with Crippen molar-refractivity contribution in [1.29, 1.82) is 0 Å². The highest BCUT2D eigenvalue weighted by Crippen LogP contribution is 2.29. The van der Waals surface area contributed by atoms with Gasteiger partial charge in [-0.05, 0) is 32.0 Å². The first-order valence-electron chi connectivity index (χ1n) is 5.72. The minimum Gasteiger partial charge on any atom is -0.478 e. The number of nitrogens with zero attached hydrogens (tertiary/aromatic N) is 2. The summed E-state index contributed by atoms with van der Waals surface area (Å²) in [7, 11) is 0. The van der Waals surface area contributed by atoms with Gasteiger partial charge in [0.15, 0.2) is 5.82 Å². The minimum absolute atomic E-state index is 0.250. The Bertz CT molecular complexity index is 788. The summed E-state index contributed by atoms with van der Waals surface area (Å²) in [6.45, 7) is 3.89. The van der Waals surface area contributed by atoms with Gasteiger partial charge in [0.05, 0.1) is 32.2 Å². The number of aromatic carboxylic acids is 1. The first kappa shape index (κ1) is 11.9. The maximum Gasteiger partial charge on any atom is 0.335 e. The van der Waals surface area contributed by atoms with Crippen LogP contribution >= 0.6 is 11.3 Å². The molecule has 0 unspecified atom stereocenters. The number of carboxylic acid groups (broad SMARTS) is 1. The van der Waals surface area contributed by atoms with Gasteiger partial charge in [0, 0.05) is 0 Å². The van der Waals surface area contributed by atoms with Crippen molar-refractivity contribution in [1.82, 2.24) is 15.0 Å². The lowest BCUT2D eigenvalue weighted by atomic mass is 10.2. The van der Waals surface area contributed by atoms with Crippen LogP contribution in [0.25, 0.3) is 21.7 Å². The third kappa shape index (κ3) is 2.00. The third-order valence-electron chi connectivity index (χ3n) is 2.85. The molecule has 0 spiro atoms. The first-order chi connectivity index (χ1) is 9.04. The fraction of sp³-hybridized carbons (Fsp3) is 0.154. The number of fused-ring (bicyclic) bond motifs is 1. The van der Waals surface area contributed by atoms with Crippen LogP contribution in [0.4, 0.5) is 0 Å². The van der Waals surface area contributed by atoms with Crippen LogP contribution in [0, 0.1) is 13.8 Å². The molecular weight excluding hydrogens is 262 g/mol. The first-order valence-corrected chi connectivity index (χ1v) is 6.53. The summed E-state index contributed by atoms with van der Waals surface area (Å²) in [4.78, 5) is 23.9. The normalized spacial score (nSPS) is 11.1. The molecule has 2 heterocycles. The quantitative estimate of drug-likeness (QED) is 0.752. The molecule has 2 N–H and O–H groups in total. The molecule has 0 aliphatic heterocycles. The van der Waals surface area contributed by atoms with Crippen molar-refractivity contribution < 1.29 is 9.90 Å². The molecule has 96 valence electrons. The molecule has 5 nitrogen and oxygen atoms in total. The Morgan fingerprint density at radius 2 is 2.11 bits per heavy atom. The number of carbonyl (C=O) groups is 1. The second kappa shape index (κ2) is 4.17. The van der Waals surface area contributed by atoms with Crippen molar-refractivity contribution in [3.8, 4) is 10.7 Å². The molecule has 0 radical (unpaired) electrons. The molecule has 0 atom stereocenters. The number of carboxylic acids is 1. The lowest BCUT2D eigenvalue weighted by molar-refractivity contribution is 0.0697. The van der Waals surface area contributed by atoms with Gasteiger partial charge in [0.25, 0.3) is 0 Å². The van der Waals surface area contributed by atoms with E-state index in [-0.39, 0.29) is 5.56 Å². The number of hydrogen-bond donors (Lipinski definition) is 2. The zero-order valence-electron chi connectivity index (χ0n) is 10.4. The van der Waals surface area contributed by atoms with Gasteiger partial charge in [-0.3, -0.25) is 0 Å². The Balaban J connectivity index is 2.16. The van der Waals surface area contributed by atoms with Gasteiger partial charge in [-0.1, -0.05) is 0 Å². The number of imidazole rings is 1. The van der Waals surface area contributed by atoms with Crippen molar-refractivity contribution in [2.24, 2.45) is 0 Å². The number of rotatable bonds is 2. The summed E-state index contributed by atoms with van der Waals surface area (Å²) in [6, 6.07) is 4.86. The van der Waals surface area contributed by atoms with E-state index in [1.54, 1.807) is 29.5 Å². The van der Waals surface area contributed by atoms with Crippen LogP contribution in [0.2, 0.25) is 0 Å². The van der Waals surface area contributed by atoms with E-state index < -0.39 is 5.97 Å². The van der Waals surface area contributed by atoms with Crippen LogP contribution in [0.15, 0.2) is 18.2 Å². The van der Waals surface area contributed by atoms with Gasteiger partial charge >= 0.3 is 5.97 Å². The molecule has 3 rings (SSSR count). The zero-order chi connectivity index (χ0) is 13.6. The Kier molecular flexibility index (Phi) is 2.60. The maximum atomic E-state index is 10.9. The summed E-state index contributed by atoms with van der Waals surface area (Å²) in [5, 5.41) is 9.96. The van der Waals surface area contributed by atoms with Crippen molar-refractivity contribution in [3.05, 3.63) is 34.5 Å². The van der Waals surface area contributed by atoms with Crippen molar-refractivity contribution in [2.75, 3.05) is 0 Å². The number of H-pyrrole nitrogens is 1. The highest BCUT2D eigenvalue weighted by molar-refractivity contribution is 7.15. The highest BCUT2D eigenvalue weighted by atomic mass is 32.1. The van der Waals surface area contributed by atoms with Crippen LogP contribution in [0.3, 0.4) is 0 Å². The van der Waals surface area contributed by atoms with Crippen molar-refractivity contribution >= 4 is 28.3 Å². The van der Waals surface area contributed by atoms with E-state index >= 15 is 0 Å². The van der Waals surface area contributed by atoms with Gasteiger partial charge in [-0.2, -0.15) is 0 Å². The third-order valence-corrected chi connectivity index (χ3v) is 3.93. The molecule has 0 saturated carbocycles. The predicted molar refractivity (Wildman–Crippen MR) is 73.6 cm³/mol. The van der Waals surface area contributed by atoms with Gasteiger partial charge in [0.1, 0.15) is 0 Å². The van der Waals surface area contributed by atoms with Crippen molar-refractivity contribution in [3.63, 3.8) is 0 Å². The summed E-state index contributed by atoms with van der Waals surface area (Å²) in [6.07, 6.45) is 0. The average molecular weight is 273 g/mol. The average Bonchev–Trinajstić information content (AvgIpc) is 2.90. The largest absolute Gasteiger partial charge is 0.478 e. The predicted octanol–water partition coefficient (Wildman–Crippen LogP) is 3.00. The molecule has 19 heavy (non-hydrogen) atoms. The second-order valence-electron chi connectivity index (χ2n) is 4.27. The molecule has 0 bridgehead atoms. The Morgan fingerprint density at radius 3 is 2.74 bits per heavy atom. The number of benzene rings is 1. The number of aromatic amines is 1. The number of nitrogens with one attached hydrogen (secondary N) is 1. The molecule has 2 aromatic heterocycles. The Morgan fingerprint density at radius 1 is 1.32 bits per heavy atom. The van der Waals surface area contributed by atoms with Gasteiger partial charge in [-0.15, -0.1) is 11.3 Å². The summed E-state index contributed by atoms with van der Waals surface area (Å²) < 4.78 is 0.